The van der Waals surface area contributed by atoms with E-state index < -0.39 is 6.10 Å². The highest BCUT2D eigenvalue weighted by Gasteiger charge is 2.40. The summed E-state index contributed by atoms with van der Waals surface area (Å²) in [5.41, 5.74) is 0.476. The van der Waals surface area contributed by atoms with E-state index in [1.54, 1.807) is 23.1 Å². The Bertz CT molecular complexity index is 831. The molecule has 4 rings (SSSR count). The number of hydrogen-bond acceptors (Lipinski definition) is 5. The first-order chi connectivity index (χ1) is 15.9. The van der Waals surface area contributed by atoms with Gasteiger partial charge in [-0.2, -0.15) is 0 Å². The van der Waals surface area contributed by atoms with Crippen LogP contribution in [0, 0.1) is 0 Å². The zero-order chi connectivity index (χ0) is 23.4. The van der Waals surface area contributed by atoms with Gasteiger partial charge < -0.3 is 29.7 Å². The number of nitrogens with one attached hydrogen (secondary N) is 1. The predicted octanol–water partition coefficient (Wildman–Crippen LogP) is 3.54. The molecule has 0 saturated carbocycles. The van der Waals surface area contributed by atoms with Gasteiger partial charge in [-0.15, -0.1) is 0 Å². The van der Waals surface area contributed by atoms with Crippen molar-refractivity contribution in [1.29, 1.82) is 0 Å². The normalized spacial score (nSPS) is 28.5. The summed E-state index contributed by atoms with van der Waals surface area (Å²) in [4.78, 5) is 29.4. The van der Waals surface area contributed by atoms with Crippen LogP contribution in [-0.2, 0) is 14.3 Å². The number of hydrogen-bond donors (Lipinski definition) is 2. The molecule has 0 bridgehead atoms. The molecule has 3 aliphatic heterocycles. The number of nitrogens with zero attached hydrogens (tertiary/aromatic N) is 2. The SMILES string of the molecule is O=C(C[C@@H]1CC[C@@H]2[C@H](COC[C@@H](O)CN2C(=O)Nc2cc(Cl)cc(Cl)c2)O1)N1CCCCC1. The topological polar surface area (TPSA) is 91.3 Å². The van der Waals surface area contributed by atoms with Crippen molar-refractivity contribution in [2.75, 3.05) is 38.2 Å². The van der Waals surface area contributed by atoms with E-state index in [0.29, 0.717) is 35.0 Å². The van der Waals surface area contributed by atoms with Crippen LogP contribution in [-0.4, -0.2) is 84.0 Å². The first-order valence-electron chi connectivity index (χ1n) is 11.6. The van der Waals surface area contributed by atoms with Gasteiger partial charge in [0.05, 0.1) is 44.4 Å². The first-order valence-corrected chi connectivity index (χ1v) is 12.4. The number of carbonyl (C=O) groups excluding carboxylic acids is 2. The molecule has 1 aromatic rings. The first kappa shape index (κ1) is 24.5. The molecule has 2 N–H and O–H groups in total. The number of β-amino-alcohol motifs (C(OH)–C–C–N with tert-alkyl or cyclic N) is 1. The van der Waals surface area contributed by atoms with Gasteiger partial charge in [-0.3, -0.25) is 4.79 Å². The Morgan fingerprint density at radius 3 is 2.52 bits per heavy atom. The van der Waals surface area contributed by atoms with Gasteiger partial charge in [0.2, 0.25) is 5.91 Å². The number of fused-ring (bicyclic) bond motifs is 1. The number of piperidine rings is 1. The molecule has 182 valence electrons. The van der Waals surface area contributed by atoms with Gasteiger partial charge in [0.1, 0.15) is 6.10 Å². The van der Waals surface area contributed by atoms with E-state index >= 15 is 0 Å². The van der Waals surface area contributed by atoms with E-state index in [-0.39, 0.29) is 49.9 Å². The Morgan fingerprint density at radius 1 is 1.06 bits per heavy atom. The Balaban J connectivity index is 1.42. The standard InChI is InChI=1S/C23H31Cl2N3O5/c24-15-8-16(25)10-17(9-15)26-23(31)28-12-18(29)13-32-14-21-20(28)5-4-19(33-21)11-22(30)27-6-2-1-3-7-27/h8-10,18-21,29H,1-7,11-14H2,(H,26,31)/t18-,19-,20+,21-/m0/s1. The minimum atomic E-state index is -0.807. The fourth-order valence-corrected chi connectivity index (χ4v) is 5.39. The third kappa shape index (κ3) is 6.51. The molecule has 33 heavy (non-hydrogen) atoms. The Morgan fingerprint density at radius 2 is 1.79 bits per heavy atom. The number of halogens is 2. The van der Waals surface area contributed by atoms with E-state index in [4.69, 9.17) is 32.7 Å². The number of amides is 3. The largest absolute Gasteiger partial charge is 0.389 e. The van der Waals surface area contributed by atoms with Gasteiger partial charge in [-0.05, 0) is 50.3 Å². The smallest absolute Gasteiger partial charge is 0.322 e. The Labute approximate surface area is 204 Å². The second kappa shape index (κ2) is 11.2. The highest BCUT2D eigenvalue weighted by molar-refractivity contribution is 6.35. The van der Waals surface area contributed by atoms with Crippen molar-refractivity contribution in [2.45, 2.75) is 62.9 Å². The summed E-state index contributed by atoms with van der Waals surface area (Å²) in [6.07, 6.45) is 3.56. The number of anilines is 1. The zero-order valence-corrected chi connectivity index (χ0v) is 20.1. The molecule has 0 aromatic heterocycles. The molecule has 3 amide bonds. The Kier molecular flexibility index (Phi) is 8.35. The van der Waals surface area contributed by atoms with Gasteiger partial charge in [0.25, 0.3) is 0 Å². The number of rotatable bonds is 3. The Hall–Kier alpha value is -1.58. The lowest BCUT2D eigenvalue weighted by atomic mass is 9.94. The number of carbonyl (C=O) groups is 2. The average Bonchev–Trinajstić information content (AvgIpc) is 2.76. The van der Waals surface area contributed by atoms with Gasteiger partial charge >= 0.3 is 6.03 Å². The molecule has 4 atom stereocenters. The second-order valence-corrected chi connectivity index (χ2v) is 9.89. The van der Waals surface area contributed by atoms with E-state index in [0.717, 1.165) is 25.9 Å². The van der Waals surface area contributed by atoms with Gasteiger partial charge in [-0.1, -0.05) is 23.2 Å². The zero-order valence-electron chi connectivity index (χ0n) is 18.6. The maximum atomic E-state index is 13.2. The van der Waals surface area contributed by atoms with Gasteiger partial charge in [-0.25, -0.2) is 4.79 Å². The van der Waals surface area contributed by atoms with Crippen molar-refractivity contribution in [3.8, 4) is 0 Å². The van der Waals surface area contributed by atoms with Crippen LogP contribution in [0.4, 0.5) is 10.5 Å². The van der Waals surface area contributed by atoms with Crippen LogP contribution < -0.4 is 5.32 Å². The molecular formula is C23H31Cl2N3O5. The van der Waals surface area contributed by atoms with Crippen molar-refractivity contribution in [1.82, 2.24) is 9.80 Å². The minimum Gasteiger partial charge on any atom is -0.389 e. The van der Waals surface area contributed by atoms with Crippen LogP contribution in [0.3, 0.4) is 0 Å². The lowest BCUT2D eigenvalue weighted by molar-refractivity contribution is -0.154. The molecule has 3 saturated heterocycles. The van der Waals surface area contributed by atoms with Crippen molar-refractivity contribution in [3.05, 3.63) is 28.2 Å². The molecule has 1 aromatic carbocycles. The molecule has 0 aliphatic carbocycles. The van der Waals surface area contributed by atoms with Crippen LogP contribution in [0.15, 0.2) is 18.2 Å². The molecule has 3 heterocycles. The van der Waals surface area contributed by atoms with Crippen LogP contribution >= 0.6 is 23.2 Å². The van der Waals surface area contributed by atoms with Crippen molar-refractivity contribution < 1.29 is 24.2 Å². The average molecular weight is 500 g/mol. The molecular weight excluding hydrogens is 469 g/mol. The number of aliphatic hydroxyl groups is 1. The van der Waals surface area contributed by atoms with Crippen LogP contribution in [0.5, 0.6) is 0 Å². The number of benzene rings is 1. The monoisotopic (exact) mass is 499 g/mol. The van der Waals surface area contributed by atoms with Gasteiger partial charge in [0.15, 0.2) is 0 Å². The fraction of sp³-hybridized carbons (Fsp3) is 0.652. The molecule has 0 spiro atoms. The third-order valence-corrected chi connectivity index (χ3v) is 6.90. The van der Waals surface area contributed by atoms with E-state index in [1.165, 1.54) is 6.42 Å². The highest BCUT2D eigenvalue weighted by atomic mass is 35.5. The van der Waals surface area contributed by atoms with Gasteiger partial charge in [0, 0.05) is 28.8 Å². The molecule has 8 nitrogen and oxygen atoms in total. The molecule has 0 unspecified atom stereocenters. The molecule has 10 heteroatoms. The van der Waals surface area contributed by atoms with Crippen molar-refractivity contribution in [3.63, 3.8) is 0 Å². The molecule has 3 aliphatic rings. The molecule has 0 radical (unpaired) electrons. The summed E-state index contributed by atoms with van der Waals surface area (Å²) in [6.45, 7) is 2.11. The number of ether oxygens (including phenoxy) is 2. The summed E-state index contributed by atoms with van der Waals surface area (Å²) >= 11 is 12.1. The number of likely N-dealkylation sites (tertiary alicyclic amines) is 1. The van der Waals surface area contributed by atoms with E-state index in [9.17, 15) is 14.7 Å². The second-order valence-electron chi connectivity index (χ2n) is 9.02. The minimum absolute atomic E-state index is 0.108. The maximum absolute atomic E-state index is 13.2. The summed E-state index contributed by atoms with van der Waals surface area (Å²) in [5.74, 6) is 0.132. The summed E-state index contributed by atoms with van der Waals surface area (Å²) in [6, 6.07) is 4.18. The van der Waals surface area contributed by atoms with Crippen LogP contribution in [0.1, 0.15) is 38.5 Å². The van der Waals surface area contributed by atoms with Crippen molar-refractivity contribution in [2.24, 2.45) is 0 Å². The summed E-state index contributed by atoms with van der Waals surface area (Å²) < 4.78 is 11.9. The lowest BCUT2D eigenvalue weighted by Crippen LogP contribution is -2.58. The summed E-state index contributed by atoms with van der Waals surface area (Å²) in [5, 5.41) is 14.0. The van der Waals surface area contributed by atoms with Crippen LogP contribution in [0.25, 0.3) is 0 Å². The van der Waals surface area contributed by atoms with E-state index in [1.807, 2.05) is 4.90 Å². The van der Waals surface area contributed by atoms with Crippen LogP contribution in [0.2, 0.25) is 10.0 Å². The highest BCUT2D eigenvalue weighted by Crippen LogP contribution is 2.29. The summed E-state index contributed by atoms with van der Waals surface area (Å²) in [7, 11) is 0. The van der Waals surface area contributed by atoms with Crippen molar-refractivity contribution >= 4 is 40.8 Å². The molecule has 3 fully saturated rings. The van der Waals surface area contributed by atoms with E-state index in [2.05, 4.69) is 5.32 Å². The number of urea groups is 1. The fourth-order valence-electron chi connectivity index (χ4n) is 4.86. The predicted molar refractivity (Wildman–Crippen MR) is 126 cm³/mol. The third-order valence-electron chi connectivity index (χ3n) is 6.47. The quantitative estimate of drug-likeness (QED) is 0.663. The lowest BCUT2D eigenvalue weighted by Gasteiger charge is -2.44. The maximum Gasteiger partial charge on any atom is 0.322 e. The number of aliphatic hydroxyl groups excluding tert-OH is 1.